The number of rotatable bonds is 4. The largest absolute Gasteiger partial charge is 0.508 e. The highest BCUT2D eigenvalue weighted by Crippen LogP contribution is 2.33. The van der Waals surface area contributed by atoms with Crippen LogP contribution < -0.4 is 0 Å². The highest BCUT2D eigenvalue weighted by atomic mass is 32.2. The molecule has 1 saturated heterocycles. The Balaban J connectivity index is 2.22. The summed E-state index contributed by atoms with van der Waals surface area (Å²) in [7, 11) is 0. The first kappa shape index (κ1) is 15.2. The van der Waals surface area contributed by atoms with Crippen LogP contribution in [-0.2, 0) is 4.79 Å². The van der Waals surface area contributed by atoms with Crippen molar-refractivity contribution in [3.8, 4) is 5.75 Å². The van der Waals surface area contributed by atoms with Gasteiger partial charge in [0.15, 0.2) is 0 Å². The van der Waals surface area contributed by atoms with Gasteiger partial charge in [-0.05, 0) is 19.9 Å². The smallest absolute Gasteiger partial charge is 0.304 e. The van der Waals surface area contributed by atoms with E-state index < -0.39 is 5.97 Å². The second-order valence-corrected chi connectivity index (χ2v) is 6.45. The third kappa shape index (κ3) is 3.46. The van der Waals surface area contributed by atoms with Crippen molar-refractivity contribution in [2.24, 2.45) is 0 Å². The van der Waals surface area contributed by atoms with Gasteiger partial charge in [-0.3, -0.25) is 9.69 Å². The van der Waals surface area contributed by atoms with E-state index in [1.54, 1.807) is 17.8 Å². The van der Waals surface area contributed by atoms with Crippen molar-refractivity contribution in [3.05, 3.63) is 29.3 Å². The van der Waals surface area contributed by atoms with Crippen molar-refractivity contribution in [1.82, 2.24) is 4.90 Å². The van der Waals surface area contributed by atoms with Gasteiger partial charge in [-0.1, -0.05) is 17.7 Å². The molecule has 2 N–H and O–H groups in total. The monoisotopic (exact) mass is 295 g/mol. The van der Waals surface area contributed by atoms with E-state index in [0.717, 1.165) is 29.2 Å². The van der Waals surface area contributed by atoms with Crippen LogP contribution in [0.2, 0.25) is 0 Å². The van der Waals surface area contributed by atoms with Gasteiger partial charge < -0.3 is 10.2 Å². The number of benzene rings is 1. The molecule has 1 heterocycles. The molecule has 0 spiro atoms. The highest BCUT2D eigenvalue weighted by molar-refractivity contribution is 7.99. The summed E-state index contributed by atoms with van der Waals surface area (Å²) in [5, 5.41) is 19.1. The molecule has 1 aliphatic rings. The van der Waals surface area contributed by atoms with E-state index in [1.807, 2.05) is 26.0 Å². The summed E-state index contributed by atoms with van der Waals surface area (Å²) in [6.45, 7) is 4.90. The number of carboxylic acid groups (broad SMARTS) is 1. The van der Waals surface area contributed by atoms with Gasteiger partial charge in [-0.15, -0.1) is 0 Å². The number of nitrogens with zero attached hydrogens (tertiary/aromatic N) is 1. The maximum absolute atomic E-state index is 11.0. The minimum atomic E-state index is -0.761. The Kier molecular flexibility index (Phi) is 4.94. The maximum Gasteiger partial charge on any atom is 0.304 e. The maximum atomic E-state index is 11.0. The number of carbonyl (C=O) groups is 1. The molecule has 20 heavy (non-hydrogen) atoms. The molecule has 0 aromatic heterocycles. The molecular weight excluding hydrogens is 274 g/mol. The number of carboxylic acids is 1. The van der Waals surface area contributed by atoms with E-state index in [-0.39, 0.29) is 24.3 Å². The Bertz CT molecular complexity index is 492. The number of phenols is 1. The summed E-state index contributed by atoms with van der Waals surface area (Å²) >= 11 is 1.80. The van der Waals surface area contributed by atoms with E-state index in [2.05, 4.69) is 4.90 Å². The molecule has 110 valence electrons. The molecule has 1 aromatic carbocycles. The second kappa shape index (κ2) is 6.50. The Morgan fingerprint density at radius 3 is 3.00 bits per heavy atom. The van der Waals surface area contributed by atoms with Gasteiger partial charge in [0, 0.05) is 35.7 Å². The van der Waals surface area contributed by atoms with E-state index in [0.29, 0.717) is 0 Å². The van der Waals surface area contributed by atoms with Crippen LogP contribution in [0.25, 0.3) is 0 Å². The Morgan fingerprint density at radius 1 is 1.55 bits per heavy atom. The molecule has 0 bridgehead atoms. The lowest BCUT2D eigenvalue weighted by Crippen LogP contribution is -2.44. The third-order valence-electron chi connectivity index (χ3n) is 3.81. The Labute approximate surface area is 123 Å². The Hall–Kier alpha value is -1.20. The summed E-state index contributed by atoms with van der Waals surface area (Å²) in [6.07, 6.45) is 0.157. The molecule has 0 amide bonds. The van der Waals surface area contributed by atoms with Crippen molar-refractivity contribution >= 4 is 17.7 Å². The molecule has 4 nitrogen and oxygen atoms in total. The number of hydrogen-bond donors (Lipinski definition) is 2. The first-order valence-corrected chi connectivity index (χ1v) is 7.99. The molecule has 5 heteroatoms. The number of phenolic OH excluding ortho intramolecular Hbond substituents is 1. The van der Waals surface area contributed by atoms with Crippen LogP contribution in [0.15, 0.2) is 18.2 Å². The minimum absolute atomic E-state index is 0.0279. The van der Waals surface area contributed by atoms with E-state index in [1.165, 1.54) is 0 Å². The fourth-order valence-corrected chi connectivity index (χ4v) is 3.83. The van der Waals surface area contributed by atoms with Crippen LogP contribution in [-0.4, -0.2) is 45.2 Å². The van der Waals surface area contributed by atoms with Crippen LogP contribution in [0.4, 0.5) is 0 Å². The molecule has 2 atom stereocenters. The summed E-state index contributed by atoms with van der Waals surface area (Å²) in [5.74, 6) is 1.37. The first-order chi connectivity index (χ1) is 9.49. The van der Waals surface area contributed by atoms with Gasteiger partial charge in [-0.25, -0.2) is 0 Å². The van der Waals surface area contributed by atoms with Crippen LogP contribution in [0.3, 0.4) is 0 Å². The van der Waals surface area contributed by atoms with Crippen LogP contribution in [0.1, 0.15) is 30.5 Å². The van der Waals surface area contributed by atoms with Crippen molar-refractivity contribution in [2.75, 3.05) is 18.1 Å². The summed E-state index contributed by atoms with van der Waals surface area (Å²) in [4.78, 5) is 13.2. The molecule has 0 aliphatic carbocycles. The summed E-state index contributed by atoms with van der Waals surface area (Å²) in [6, 6.07) is 5.64. The number of hydrogen-bond acceptors (Lipinski definition) is 4. The Morgan fingerprint density at radius 2 is 2.30 bits per heavy atom. The standard InChI is InChI=1S/C15H21NO3S/c1-10-3-4-14(17)13(7-10)11(2)16-5-6-20-9-12(16)8-15(18)19/h3-4,7,11-12,17H,5-6,8-9H2,1-2H3,(H,18,19). The predicted octanol–water partition coefficient (Wildman–Crippen LogP) is 2.65. The number of aliphatic carboxylic acids is 1. The number of aryl methyl sites for hydroxylation is 1. The zero-order valence-corrected chi connectivity index (χ0v) is 12.7. The average molecular weight is 295 g/mol. The van der Waals surface area contributed by atoms with Crippen molar-refractivity contribution in [2.45, 2.75) is 32.4 Å². The lowest BCUT2D eigenvalue weighted by Gasteiger charge is -2.39. The van der Waals surface area contributed by atoms with Gasteiger partial charge in [0.1, 0.15) is 5.75 Å². The molecular formula is C15H21NO3S. The number of thioether (sulfide) groups is 1. The van der Waals surface area contributed by atoms with E-state index in [9.17, 15) is 9.90 Å². The molecule has 2 rings (SSSR count). The van der Waals surface area contributed by atoms with Crippen molar-refractivity contribution < 1.29 is 15.0 Å². The van der Waals surface area contributed by atoms with E-state index >= 15 is 0 Å². The lowest BCUT2D eigenvalue weighted by atomic mass is 10.0. The van der Waals surface area contributed by atoms with Crippen LogP contribution >= 0.6 is 11.8 Å². The average Bonchev–Trinajstić information content (AvgIpc) is 2.41. The molecule has 2 unspecified atom stereocenters. The lowest BCUT2D eigenvalue weighted by molar-refractivity contribution is -0.138. The van der Waals surface area contributed by atoms with Gasteiger partial charge >= 0.3 is 5.97 Å². The van der Waals surface area contributed by atoms with Gasteiger partial charge in [0.05, 0.1) is 6.42 Å². The number of aromatic hydroxyl groups is 1. The quantitative estimate of drug-likeness (QED) is 0.894. The van der Waals surface area contributed by atoms with E-state index in [4.69, 9.17) is 5.11 Å². The van der Waals surface area contributed by atoms with Gasteiger partial charge in [-0.2, -0.15) is 11.8 Å². The normalized spacial score (nSPS) is 21.6. The molecule has 0 radical (unpaired) electrons. The zero-order chi connectivity index (χ0) is 14.7. The molecule has 1 aliphatic heterocycles. The fourth-order valence-electron chi connectivity index (χ4n) is 2.74. The topological polar surface area (TPSA) is 60.8 Å². The summed E-state index contributed by atoms with van der Waals surface area (Å²) in [5.41, 5.74) is 1.98. The SMILES string of the molecule is Cc1ccc(O)c(C(C)N2CCSCC2CC(=O)O)c1. The van der Waals surface area contributed by atoms with Crippen LogP contribution in [0, 0.1) is 6.92 Å². The highest BCUT2D eigenvalue weighted by Gasteiger charge is 2.30. The fraction of sp³-hybridized carbons (Fsp3) is 0.533. The van der Waals surface area contributed by atoms with Gasteiger partial charge in [0.25, 0.3) is 0 Å². The first-order valence-electron chi connectivity index (χ1n) is 6.84. The molecule has 1 aromatic rings. The van der Waals surface area contributed by atoms with Crippen molar-refractivity contribution in [3.63, 3.8) is 0 Å². The molecule has 0 saturated carbocycles. The zero-order valence-electron chi connectivity index (χ0n) is 11.9. The van der Waals surface area contributed by atoms with Crippen molar-refractivity contribution in [1.29, 1.82) is 0 Å². The molecule has 1 fully saturated rings. The van der Waals surface area contributed by atoms with Crippen LogP contribution in [0.5, 0.6) is 5.75 Å². The second-order valence-electron chi connectivity index (χ2n) is 5.30. The third-order valence-corrected chi connectivity index (χ3v) is 4.91. The van der Waals surface area contributed by atoms with Gasteiger partial charge in [0.2, 0.25) is 0 Å². The predicted molar refractivity (Wildman–Crippen MR) is 81.3 cm³/mol. The summed E-state index contributed by atoms with van der Waals surface area (Å²) < 4.78 is 0. The minimum Gasteiger partial charge on any atom is -0.508 e.